The lowest BCUT2D eigenvalue weighted by molar-refractivity contribution is 0.0703. The van der Waals surface area contributed by atoms with Crippen LogP contribution in [0, 0.1) is 5.82 Å². The highest BCUT2D eigenvalue weighted by molar-refractivity contribution is 7.17. The maximum absolute atomic E-state index is 13.4. The van der Waals surface area contributed by atoms with E-state index in [2.05, 4.69) is 0 Å². The Kier molecular flexibility index (Phi) is 2.62. The number of halogens is 1. The molecule has 0 atom stereocenters. The normalized spacial score (nSPS) is 10.3. The molecule has 0 radical (unpaired) electrons. The molecule has 1 aromatic carbocycles. The highest BCUT2D eigenvalue weighted by atomic mass is 32.1. The van der Waals surface area contributed by atoms with Crippen molar-refractivity contribution in [2.75, 3.05) is 5.73 Å². The van der Waals surface area contributed by atoms with Crippen LogP contribution in [0.3, 0.4) is 0 Å². The zero-order chi connectivity index (χ0) is 11.7. The van der Waals surface area contributed by atoms with Crippen molar-refractivity contribution in [1.29, 1.82) is 0 Å². The Balaban J connectivity index is 2.54. The second kappa shape index (κ2) is 3.94. The van der Waals surface area contributed by atoms with Gasteiger partial charge in [-0.25, -0.2) is 9.18 Å². The Hall–Kier alpha value is -1.88. The molecule has 3 N–H and O–H groups in total. The summed E-state index contributed by atoms with van der Waals surface area (Å²) >= 11 is 0.970. The minimum atomic E-state index is -1.09. The number of thiophene rings is 1. The van der Waals surface area contributed by atoms with Crippen molar-refractivity contribution in [2.24, 2.45) is 0 Å². The third-order valence-electron chi connectivity index (χ3n) is 2.09. The number of benzene rings is 1. The molecule has 82 valence electrons. The Bertz CT molecular complexity index is 551. The van der Waals surface area contributed by atoms with E-state index in [0.717, 1.165) is 11.3 Å². The van der Waals surface area contributed by atoms with E-state index in [-0.39, 0.29) is 16.4 Å². The van der Waals surface area contributed by atoms with E-state index in [1.54, 1.807) is 18.2 Å². The van der Waals surface area contributed by atoms with Gasteiger partial charge in [-0.1, -0.05) is 18.2 Å². The maximum atomic E-state index is 13.4. The van der Waals surface area contributed by atoms with Crippen LogP contribution in [0.5, 0.6) is 0 Å². The summed E-state index contributed by atoms with van der Waals surface area (Å²) in [6, 6.07) is 7.66. The molecule has 0 saturated heterocycles. The minimum absolute atomic E-state index is 0.0400. The van der Waals surface area contributed by atoms with Crippen molar-refractivity contribution in [3.63, 3.8) is 0 Å². The van der Waals surface area contributed by atoms with Crippen LogP contribution in [-0.2, 0) is 0 Å². The number of aromatic carboxylic acids is 1. The highest BCUT2D eigenvalue weighted by Crippen LogP contribution is 2.34. The quantitative estimate of drug-likeness (QED) is 0.844. The average Bonchev–Trinajstić information content (AvgIpc) is 2.61. The summed E-state index contributed by atoms with van der Waals surface area (Å²) in [7, 11) is 0. The lowest BCUT2D eigenvalue weighted by Gasteiger charge is -1.97. The van der Waals surface area contributed by atoms with E-state index in [4.69, 9.17) is 10.8 Å². The summed E-state index contributed by atoms with van der Waals surface area (Å²) in [6.45, 7) is 0. The number of rotatable bonds is 2. The van der Waals surface area contributed by atoms with Crippen LogP contribution in [0.1, 0.15) is 9.67 Å². The summed E-state index contributed by atoms with van der Waals surface area (Å²) < 4.78 is 13.4. The lowest BCUT2D eigenvalue weighted by atomic mass is 10.2. The van der Waals surface area contributed by atoms with Crippen molar-refractivity contribution in [1.82, 2.24) is 0 Å². The molecule has 0 amide bonds. The molecule has 0 aliphatic rings. The molecular formula is C11H8FNO2S. The van der Waals surface area contributed by atoms with Crippen molar-refractivity contribution in [2.45, 2.75) is 0 Å². The molecule has 5 heteroatoms. The van der Waals surface area contributed by atoms with Crippen LogP contribution < -0.4 is 5.73 Å². The van der Waals surface area contributed by atoms with Gasteiger partial charge in [-0.05, 0) is 12.1 Å². The van der Waals surface area contributed by atoms with Gasteiger partial charge in [0.05, 0.1) is 5.69 Å². The van der Waals surface area contributed by atoms with Crippen LogP contribution in [0.2, 0.25) is 0 Å². The van der Waals surface area contributed by atoms with E-state index in [1.807, 2.05) is 0 Å². The van der Waals surface area contributed by atoms with E-state index >= 15 is 0 Å². The van der Waals surface area contributed by atoms with Gasteiger partial charge in [-0.15, -0.1) is 11.3 Å². The van der Waals surface area contributed by atoms with Gasteiger partial charge < -0.3 is 10.8 Å². The maximum Gasteiger partial charge on any atom is 0.348 e. The van der Waals surface area contributed by atoms with Gasteiger partial charge in [0.1, 0.15) is 10.7 Å². The molecule has 2 rings (SSSR count). The van der Waals surface area contributed by atoms with Crippen LogP contribution in [0.15, 0.2) is 30.3 Å². The molecule has 16 heavy (non-hydrogen) atoms. The lowest BCUT2D eigenvalue weighted by Crippen LogP contribution is -1.96. The minimum Gasteiger partial charge on any atom is -0.477 e. The largest absolute Gasteiger partial charge is 0.477 e. The standard InChI is InChI=1S/C11H8FNO2S/c12-7-4-2-1-3-6(7)9-5-8(13)10(16-9)11(14)15/h1-5H,13H2,(H,14,15). The number of hydrogen-bond acceptors (Lipinski definition) is 3. The molecule has 0 saturated carbocycles. The smallest absolute Gasteiger partial charge is 0.348 e. The van der Waals surface area contributed by atoms with Gasteiger partial charge in [-0.3, -0.25) is 0 Å². The first kappa shape index (κ1) is 10.6. The van der Waals surface area contributed by atoms with Gasteiger partial charge in [-0.2, -0.15) is 0 Å². The molecule has 0 aliphatic heterocycles. The second-order valence-electron chi connectivity index (χ2n) is 3.18. The molecule has 3 nitrogen and oxygen atoms in total. The molecular weight excluding hydrogens is 229 g/mol. The predicted octanol–water partition coefficient (Wildman–Crippen LogP) is 2.83. The number of anilines is 1. The SMILES string of the molecule is Nc1cc(-c2ccccc2F)sc1C(=O)O. The van der Waals surface area contributed by atoms with E-state index < -0.39 is 5.97 Å². The van der Waals surface area contributed by atoms with Crippen molar-refractivity contribution >= 4 is 23.0 Å². The molecule has 0 aliphatic carbocycles. The number of carboxylic acid groups (broad SMARTS) is 1. The number of nitrogen functional groups attached to an aromatic ring is 1. The number of carboxylic acids is 1. The fourth-order valence-corrected chi connectivity index (χ4v) is 2.31. The topological polar surface area (TPSA) is 63.3 Å². The first-order chi connectivity index (χ1) is 7.59. The monoisotopic (exact) mass is 237 g/mol. The summed E-state index contributed by atoms with van der Waals surface area (Å²) in [6.07, 6.45) is 0. The van der Waals surface area contributed by atoms with Crippen LogP contribution in [0.25, 0.3) is 10.4 Å². The third kappa shape index (κ3) is 1.77. The summed E-state index contributed by atoms with van der Waals surface area (Å²) in [5.74, 6) is -1.48. The summed E-state index contributed by atoms with van der Waals surface area (Å²) in [5, 5.41) is 8.83. The molecule has 1 aromatic heterocycles. The van der Waals surface area contributed by atoms with Crippen molar-refractivity contribution < 1.29 is 14.3 Å². The number of carbonyl (C=O) groups is 1. The summed E-state index contributed by atoms with van der Waals surface area (Å²) in [4.78, 5) is 11.3. The fraction of sp³-hybridized carbons (Fsp3) is 0. The van der Waals surface area contributed by atoms with Gasteiger partial charge in [0, 0.05) is 10.4 Å². The second-order valence-corrected chi connectivity index (χ2v) is 4.23. The number of nitrogens with two attached hydrogens (primary N) is 1. The Labute approximate surface area is 95.0 Å². The van der Waals surface area contributed by atoms with Gasteiger partial charge in [0.15, 0.2) is 0 Å². The average molecular weight is 237 g/mol. The Morgan fingerprint density at radius 3 is 2.62 bits per heavy atom. The van der Waals surface area contributed by atoms with E-state index in [0.29, 0.717) is 10.4 Å². The molecule has 0 fully saturated rings. The van der Waals surface area contributed by atoms with Crippen LogP contribution in [0.4, 0.5) is 10.1 Å². The van der Waals surface area contributed by atoms with Crippen LogP contribution in [-0.4, -0.2) is 11.1 Å². The van der Waals surface area contributed by atoms with Crippen molar-refractivity contribution in [3.8, 4) is 10.4 Å². The predicted molar refractivity (Wildman–Crippen MR) is 61.1 cm³/mol. The van der Waals surface area contributed by atoms with E-state index in [1.165, 1.54) is 12.1 Å². The van der Waals surface area contributed by atoms with Gasteiger partial charge in [0.2, 0.25) is 0 Å². The zero-order valence-electron chi connectivity index (χ0n) is 8.11. The molecule has 0 spiro atoms. The Morgan fingerprint density at radius 1 is 1.38 bits per heavy atom. The third-order valence-corrected chi connectivity index (χ3v) is 3.27. The highest BCUT2D eigenvalue weighted by Gasteiger charge is 2.15. The van der Waals surface area contributed by atoms with Crippen LogP contribution >= 0.6 is 11.3 Å². The molecule has 1 heterocycles. The first-order valence-electron chi connectivity index (χ1n) is 4.47. The van der Waals surface area contributed by atoms with E-state index in [9.17, 15) is 9.18 Å². The summed E-state index contributed by atoms with van der Waals surface area (Å²) in [5.41, 5.74) is 6.07. The van der Waals surface area contributed by atoms with Gasteiger partial charge >= 0.3 is 5.97 Å². The number of hydrogen-bond donors (Lipinski definition) is 2. The molecule has 0 unspecified atom stereocenters. The zero-order valence-corrected chi connectivity index (χ0v) is 8.92. The first-order valence-corrected chi connectivity index (χ1v) is 5.28. The van der Waals surface area contributed by atoms with Crippen molar-refractivity contribution in [3.05, 3.63) is 41.0 Å². The molecule has 0 bridgehead atoms. The Morgan fingerprint density at radius 2 is 2.06 bits per heavy atom. The fourth-order valence-electron chi connectivity index (χ4n) is 1.37. The molecule has 2 aromatic rings. The van der Waals surface area contributed by atoms with Gasteiger partial charge in [0.25, 0.3) is 0 Å².